The van der Waals surface area contributed by atoms with Crippen LogP contribution in [0.4, 0.5) is 23.8 Å². The number of carboxylic acid groups (broad SMARTS) is 1. The van der Waals surface area contributed by atoms with Gasteiger partial charge in [0.1, 0.15) is 5.82 Å². The number of hydrogen-bond donors (Lipinski definition) is 1. The highest BCUT2D eigenvalue weighted by molar-refractivity contribution is 6.35. The third-order valence-corrected chi connectivity index (χ3v) is 5.77. The zero-order valence-corrected chi connectivity index (χ0v) is 17.6. The summed E-state index contributed by atoms with van der Waals surface area (Å²) < 4.78 is 47.1. The number of carbonyl (C=O) groups excluding carboxylic acids is 1. The molecule has 2 amide bonds. The van der Waals surface area contributed by atoms with Crippen molar-refractivity contribution in [3.8, 4) is 11.1 Å². The molecule has 1 N–H and O–H groups in total. The summed E-state index contributed by atoms with van der Waals surface area (Å²) in [5.41, 5.74) is 0.900. The van der Waals surface area contributed by atoms with Gasteiger partial charge in [0.05, 0.1) is 5.02 Å². The minimum absolute atomic E-state index is 0.0556. The molecule has 0 bridgehead atoms. The predicted octanol–water partition coefficient (Wildman–Crippen LogP) is 5.88. The lowest BCUT2D eigenvalue weighted by molar-refractivity contribution is -0.0494. The maximum Gasteiger partial charge on any atom is 0.413 e. The maximum atomic E-state index is 14.9. The molecule has 0 aliphatic carbocycles. The van der Waals surface area contributed by atoms with Crippen molar-refractivity contribution in [1.29, 1.82) is 0 Å². The first-order chi connectivity index (χ1) is 15.1. The fourth-order valence-corrected chi connectivity index (χ4v) is 3.88. The minimum Gasteiger partial charge on any atom is -0.465 e. The molecule has 0 saturated carbocycles. The van der Waals surface area contributed by atoms with Crippen molar-refractivity contribution >= 4 is 40.5 Å². The second-order valence-electron chi connectivity index (χ2n) is 7.65. The summed E-state index contributed by atoms with van der Waals surface area (Å²) in [6.45, 7) is -0.176. The van der Waals surface area contributed by atoms with Gasteiger partial charge >= 0.3 is 6.09 Å². The molecule has 2 heterocycles. The van der Waals surface area contributed by atoms with E-state index in [0.29, 0.717) is 10.9 Å². The monoisotopic (exact) mass is 466 g/mol. The molecule has 0 radical (unpaired) electrons. The minimum atomic E-state index is -2.78. The van der Waals surface area contributed by atoms with E-state index < -0.39 is 36.6 Å². The standard InChI is InChI=1S/C22H18ClF3N2O4/c1-27(21(30)31)18-11-14-8-13(9-16(23)19(14)32-18)15-3-2-12(10-17(15)24)20(29)28-6-4-22(25,26)5-7-28/h2-3,8-11H,4-7H2,1H3,(H,30,31). The largest absolute Gasteiger partial charge is 0.465 e. The van der Waals surface area contributed by atoms with Crippen molar-refractivity contribution in [3.05, 3.63) is 52.8 Å². The van der Waals surface area contributed by atoms with Gasteiger partial charge in [-0.15, -0.1) is 0 Å². The Morgan fingerprint density at radius 2 is 1.84 bits per heavy atom. The van der Waals surface area contributed by atoms with Gasteiger partial charge in [-0.05, 0) is 29.8 Å². The van der Waals surface area contributed by atoms with Gasteiger partial charge in [-0.1, -0.05) is 17.7 Å². The van der Waals surface area contributed by atoms with E-state index in [2.05, 4.69) is 0 Å². The molecular weight excluding hydrogens is 449 g/mol. The third-order valence-electron chi connectivity index (χ3n) is 5.48. The molecule has 1 aliphatic heterocycles. The number of anilines is 1. The highest BCUT2D eigenvalue weighted by atomic mass is 35.5. The van der Waals surface area contributed by atoms with Crippen LogP contribution >= 0.6 is 11.6 Å². The van der Waals surface area contributed by atoms with Crippen LogP contribution in [-0.4, -0.2) is 48.1 Å². The molecule has 3 aromatic rings. The summed E-state index contributed by atoms with van der Waals surface area (Å²) in [6, 6.07) is 8.47. The number of hydrogen-bond acceptors (Lipinski definition) is 3. The number of benzene rings is 2. The van der Waals surface area contributed by atoms with E-state index in [1.807, 2.05) is 0 Å². The van der Waals surface area contributed by atoms with Gasteiger partial charge in [0, 0.05) is 55.6 Å². The zero-order valence-electron chi connectivity index (χ0n) is 16.9. The first-order valence-electron chi connectivity index (χ1n) is 9.72. The number of halogens is 4. The number of nitrogens with zero attached hydrogens (tertiary/aromatic N) is 2. The number of carbonyl (C=O) groups is 2. The Bertz CT molecular complexity index is 1220. The van der Waals surface area contributed by atoms with Crippen LogP contribution in [0.3, 0.4) is 0 Å². The fourth-order valence-electron chi connectivity index (χ4n) is 3.61. The first-order valence-corrected chi connectivity index (χ1v) is 10.1. The Labute approximate surface area is 185 Å². The molecule has 168 valence electrons. The van der Waals surface area contributed by atoms with Gasteiger partial charge in [-0.25, -0.2) is 18.0 Å². The molecule has 6 nitrogen and oxygen atoms in total. The summed E-state index contributed by atoms with van der Waals surface area (Å²) in [5, 5.41) is 9.74. The van der Waals surface area contributed by atoms with Crippen LogP contribution in [0.15, 0.2) is 40.8 Å². The Morgan fingerprint density at radius 1 is 1.16 bits per heavy atom. The summed E-state index contributed by atoms with van der Waals surface area (Å²) in [6.07, 6.45) is -2.05. The normalized spacial score (nSPS) is 15.7. The Hall–Kier alpha value is -3.20. The van der Waals surface area contributed by atoms with Gasteiger partial charge < -0.3 is 14.4 Å². The van der Waals surface area contributed by atoms with E-state index >= 15 is 0 Å². The van der Waals surface area contributed by atoms with Gasteiger partial charge in [-0.2, -0.15) is 0 Å². The van der Waals surface area contributed by atoms with Gasteiger partial charge in [0.25, 0.3) is 11.8 Å². The summed E-state index contributed by atoms with van der Waals surface area (Å²) in [5.74, 6) is -3.91. The van der Waals surface area contributed by atoms with Crippen molar-refractivity contribution in [3.63, 3.8) is 0 Å². The number of alkyl halides is 2. The molecule has 4 rings (SSSR count). The van der Waals surface area contributed by atoms with Crippen LogP contribution in [0, 0.1) is 5.82 Å². The van der Waals surface area contributed by atoms with E-state index in [1.165, 1.54) is 36.2 Å². The van der Waals surface area contributed by atoms with Gasteiger partial charge in [0.15, 0.2) is 5.58 Å². The van der Waals surface area contributed by atoms with Crippen LogP contribution in [0.5, 0.6) is 0 Å². The zero-order chi connectivity index (χ0) is 23.2. The quantitative estimate of drug-likeness (QED) is 0.523. The Balaban J connectivity index is 1.63. The number of piperidine rings is 1. The van der Waals surface area contributed by atoms with Crippen LogP contribution in [0.1, 0.15) is 23.2 Å². The molecule has 1 saturated heterocycles. The lowest BCUT2D eigenvalue weighted by Gasteiger charge is -2.31. The van der Waals surface area contributed by atoms with Crippen molar-refractivity contribution in [2.45, 2.75) is 18.8 Å². The lowest BCUT2D eigenvalue weighted by Crippen LogP contribution is -2.42. The number of amides is 2. The van der Waals surface area contributed by atoms with Crippen molar-refractivity contribution in [2.24, 2.45) is 0 Å². The van der Waals surface area contributed by atoms with E-state index in [4.69, 9.17) is 21.1 Å². The number of rotatable bonds is 3. The van der Waals surface area contributed by atoms with Gasteiger partial charge in [-0.3, -0.25) is 9.69 Å². The van der Waals surface area contributed by atoms with E-state index in [0.717, 1.165) is 11.0 Å². The van der Waals surface area contributed by atoms with Gasteiger partial charge in [0.2, 0.25) is 5.88 Å². The number of fused-ring (bicyclic) bond motifs is 1. The molecule has 2 aromatic carbocycles. The van der Waals surface area contributed by atoms with E-state index in [1.54, 1.807) is 6.07 Å². The second kappa shape index (κ2) is 8.05. The molecule has 0 spiro atoms. The Morgan fingerprint density at radius 3 is 2.47 bits per heavy atom. The highest BCUT2D eigenvalue weighted by Crippen LogP contribution is 2.36. The summed E-state index contributed by atoms with van der Waals surface area (Å²) in [7, 11) is 1.31. The first kappa shape index (κ1) is 22.0. The van der Waals surface area contributed by atoms with Crippen molar-refractivity contribution < 1.29 is 32.3 Å². The molecule has 0 unspecified atom stereocenters. The van der Waals surface area contributed by atoms with Crippen LogP contribution in [0.2, 0.25) is 5.02 Å². The average molecular weight is 467 g/mol. The van der Waals surface area contributed by atoms with Crippen molar-refractivity contribution in [1.82, 2.24) is 4.90 Å². The molecule has 1 aromatic heterocycles. The highest BCUT2D eigenvalue weighted by Gasteiger charge is 2.35. The average Bonchev–Trinajstić information content (AvgIpc) is 3.17. The summed E-state index contributed by atoms with van der Waals surface area (Å²) in [4.78, 5) is 25.9. The maximum absolute atomic E-state index is 14.9. The second-order valence-corrected chi connectivity index (χ2v) is 8.05. The molecule has 32 heavy (non-hydrogen) atoms. The smallest absolute Gasteiger partial charge is 0.413 e. The molecule has 0 atom stereocenters. The molecular formula is C22H18ClF3N2O4. The topological polar surface area (TPSA) is 74.0 Å². The SMILES string of the molecule is CN(C(=O)O)c1cc2cc(-c3ccc(C(=O)N4CCC(F)(F)CC4)cc3F)cc(Cl)c2o1. The number of likely N-dealkylation sites (tertiary alicyclic amines) is 1. The van der Waals surface area contributed by atoms with Crippen LogP contribution in [-0.2, 0) is 0 Å². The number of furan rings is 1. The molecule has 1 fully saturated rings. The van der Waals surface area contributed by atoms with E-state index in [9.17, 15) is 22.8 Å². The van der Waals surface area contributed by atoms with Crippen LogP contribution < -0.4 is 4.90 Å². The lowest BCUT2D eigenvalue weighted by atomic mass is 10.0. The predicted molar refractivity (Wildman–Crippen MR) is 113 cm³/mol. The fraction of sp³-hybridized carbons (Fsp3) is 0.273. The summed E-state index contributed by atoms with van der Waals surface area (Å²) >= 11 is 6.26. The third kappa shape index (κ3) is 4.12. The Kier molecular flexibility index (Phi) is 5.54. The molecule has 10 heteroatoms. The van der Waals surface area contributed by atoms with Crippen molar-refractivity contribution in [2.75, 3.05) is 25.0 Å². The van der Waals surface area contributed by atoms with Crippen LogP contribution in [0.25, 0.3) is 22.1 Å². The molecule has 1 aliphatic rings. The van der Waals surface area contributed by atoms with E-state index in [-0.39, 0.29) is 40.7 Å².